The van der Waals surface area contributed by atoms with Gasteiger partial charge in [-0.05, 0) is 13.0 Å². The lowest BCUT2D eigenvalue weighted by molar-refractivity contribution is 0.330. The Labute approximate surface area is 90.4 Å². The van der Waals surface area contributed by atoms with Crippen molar-refractivity contribution >= 4 is 6.34 Å². The van der Waals surface area contributed by atoms with Crippen LogP contribution in [0.2, 0.25) is 0 Å². The zero-order valence-electron chi connectivity index (χ0n) is 9.02. The third-order valence-corrected chi connectivity index (χ3v) is 2.41. The first-order valence-electron chi connectivity index (χ1n) is 5.35. The van der Waals surface area contributed by atoms with E-state index in [0.717, 1.165) is 25.4 Å². The van der Waals surface area contributed by atoms with E-state index >= 15 is 0 Å². The number of benzene rings is 1. The number of ether oxygens (including phenoxy) is 1. The van der Waals surface area contributed by atoms with Crippen LogP contribution in [0.5, 0.6) is 5.75 Å². The molecule has 1 heterocycles. The Kier molecular flexibility index (Phi) is 3.22. The van der Waals surface area contributed by atoms with Crippen LogP contribution in [0.4, 0.5) is 0 Å². The van der Waals surface area contributed by atoms with Crippen LogP contribution in [0.1, 0.15) is 12.5 Å². The predicted molar refractivity (Wildman–Crippen MR) is 61.4 cm³/mol. The van der Waals surface area contributed by atoms with Crippen LogP contribution in [0.25, 0.3) is 0 Å². The Morgan fingerprint density at radius 2 is 2.27 bits per heavy atom. The number of hydrogen-bond acceptors (Lipinski definition) is 3. The van der Waals surface area contributed by atoms with E-state index in [-0.39, 0.29) is 0 Å². The number of aliphatic imine (C=N–C) groups is 1. The molecule has 0 unspecified atom stereocenters. The average Bonchev–Trinajstić information content (AvgIpc) is 2.74. The van der Waals surface area contributed by atoms with Crippen molar-refractivity contribution in [3.8, 4) is 5.75 Å². The van der Waals surface area contributed by atoms with Gasteiger partial charge in [0.15, 0.2) is 0 Å². The Hall–Kier alpha value is -1.51. The summed E-state index contributed by atoms with van der Waals surface area (Å²) < 4.78 is 5.58. The van der Waals surface area contributed by atoms with Crippen molar-refractivity contribution in [2.24, 2.45) is 4.99 Å². The summed E-state index contributed by atoms with van der Waals surface area (Å²) in [6, 6.07) is 8.18. The molecule has 80 valence electrons. The summed E-state index contributed by atoms with van der Waals surface area (Å²) in [6.45, 7) is 5.54. The van der Waals surface area contributed by atoms with E-state index in [1.807, 2.05) is 31.5 Å². The molecular formula is C12H16N2O. The van der Waals surface area contributed by atoms with Crippen molar-refractivity contribution in [1.29, 1.82) is 0 Å². The lowest BCUT2D eigenvalue weighted by atomic mass is 10.2. The molecule has 0 spiro atoms. The first-order chi connectivity index (χ1) is 7.40. The first kappa shape index (κ1) is 10.0. The lowest BCUT2D eigenvalue weighted by Crippen LogP contribution is -2.19. The van der Waals surface area contributed by atoms with Gasteiger partial charge in [0, 0.05) is 18.7 Å². The molecule has 1 aromatic rings. The van der Waals surface area contributed by atoms with Crippen LogP contribution in [-0.4, -0.2) is 30.9 Å². The zero-order chi connectivity index (χ0) is 10.5. The molecule has 3 nitrogen and oxygen atoms in total. The molecule has 0 fully saturated rings. The summed E-state index contributed by atoms with van der Waals surface area (Å²) in [7, 11) is 0. The molecule has 1 aromatic carbocycles. The van der Waals surface area contributed by atoms with E-state index in [9.17, 15) is 0 Å². The van der Waals surface area contributed by atoms with Crippen LogP contribution < -0.4 is 4.74 Å². The Bertz CT molecular complexity index is 349. The van der Waals surface area contributed by atoms with Gasteiger partial charge in [0.2, 0.25) is 0 Å². The summed E-state index contributed by atoms with van der Waals surface area (Å²) in [6.07, 6.45) is 1.92. The maximum atomic E-state index is 5.58. The quantitative estimate of drug-likeness (QED) is 0.748. The third kappa shape index (κ3) is 2.49. The minimum absolute atomic E-state index is 0.713. The minimum atomic E-state index is 0.713. The largest absolute Gasteiger partial charge is 0.494 e. The van der Waals surface area contributed by atoms with Crippen molar-refractivity contribution in [2.75, 3.05) is 19.7 Å². The second-order valence-electron chi connectivity index (χ2n) is 3.53. The van der Waals surface area contributed by atoms with E-state index < -0.39 is 0 Å². The molecule has 0 saturated heterocycles. The van der Waals surface area contributed by atoms with Crippen LogP contribution in [0, 0.1) is 0 Å². The molecule has 1 aliphatic rings. The maximum absolute atomic E-state index is 5.58. The highest BCUT2D eigenvalue weighted by Crippen LogP contribution is 2.19. The molecule has 0 aromatic heterocycles. The fourth-order valence-corrected chi connectivity index (χ4v) is 1.69. The highest BCUT2D eigenvalue weighted by molar-refractivity contribution is 5.57. The monoisotopic (exact) mass is 204 g/mol. The smallest absolute Gasteiger partial charge is 0.124 e. The van der Waals surface area contributed by atoms with Crippen LogP contribution >= 0.6 is 0 Å². The summed E-state index contributed by atoms with van der Waals surface area (Å²) in [5, 5.41) is 0. The summed E-state index contributed by atoms with van der Waals surface area (Å²) >= 11 is 0. The lowest BCUT2D eigenvalue weighted by Gasteiger charge is -2.16. The molecule has 0 saturated carbocycles. The normalized spacial score (nSPS) is 14.6. The summed E-state index contributed by atoms with van der Waals surface area (Å²) in [4.78, 5) is 6.40. The molecule has 0 aliphatic carbocycles. The predicted octanol–water partition coefficient (Wildman–Crippen LogP) is 1.93. The van der Waals surface area contributed by atoms with Crippen LogP contribution in [0.3, 0.4) is 0 Å². The van der Waals surface area contributed by atoms with Crippen molar-refractivity contribution in [3.63, 3.8) is 0 Å². The van der Waals surface area contributed by atoms with Crippen molar-refractivity contribution in [3.05, 3.63) is 29.8 Å². The molecule has 0 N–H and O–H groups in total. The SMILES string of the molecule is CCOc1ccccc1CN1C=NCC1. The highest BCUT2D eigenvalue weighted by atomic mass is 16.5. The maximum Gasteiger partial charge on any atom is 0.124 e. The van der Waals surface area contributed by atoms with Gasteiger partial charge in [-0.2, -0.15) is 0 Å². The van der Waals surface area contributed by atoms with Gasteiger partial charge >= 0.3 is 0 Å². The number of rotatable bonds is 4. The van der Waals surface area contributed by atoms with Gasteiger partial charge in [-0.3, -0.25) is 4.99 Å². The average molecular weight is 204 g/mol. The van der Waals surface area contributed by atoms with E-state index in [1.165, 1.54) is 5.56 Å². The topological polar surface area (TPSA) is 24.8 Å². The fraction of sp³-hybridized carbons (Fsp3) is 0.417. The Morgan fingerprint density at radius 1 is 1.40 bits per heavy atom. The minimum Gasteiger partial charge on any atom is -0.494 e. The number of hydrogen-bond donors (Lipinski definition) is 0. The molecule has 0 radical (unpaired) electrons. The van der Waals surface area contributed by atoms with E-state index in [1.54, 1.807) is 0 Å². The van der Waals surface area contributed by atoms with Gasteiger partial charge in [-0.15, -0.1) is 0 Å². The standard InChI is InChI=1S/C12H16N2O/c1-2-15-12-6-4-3-5-11(12)9-14-8-7-13-10-14/h3-6,10H,2,7-9H2,1H3. The second-order valence-corrected chi connectivity index (χ2v) is 3.53. The molecule has 3 heteroatoms. The molecule has 0 atom stereocenters. The van der Waals surface area contributed by atoms with E-state index in [0.29, 0.717) is 6.61 Å². The van der Waals surface area contributed by atoms with E-state index in [4.69, 9.17) is 4.74 Å². The van der Waals surface area contributed by atoms with Gasteiger partial charge in [0.25, 0.3) is 0 Å². The third-order valence-electron chi connectivity index (χ3n) is 2.41. The molecule has 2 rings (SSSR count). The van der Waals surface area contributed by atoms with Gasteiger partial charge in [-0.1, -0.05) is 18.2 Å². The molecular weight excluding hydrogens is 188 g/mol. The Balaban J connectivity index is 2.08. The zero-order valence-corrected chi connectivity index (χ0v) is 9.02. The van der Waals surface area contributed by atoms with Crippen LogP contribution in [-0.2, 0) is 6.54 Å². The first-order valence-corrected chi connectivity index (χ1v) is 5.35. The van der Waals surface area contributed by atoms with Crippen molar-refractivity contribution in [2.45, 2.75) is 13.5 Å². The second kappa shape index (κ2) is 4.82. The van der Waals surface area contributed by atoms with Gasteiger partial charge < -0.3 is 9.64 Å². The van der Waals surface area contributed by atoms with Crippen LogP contribution in [0.15, 0.2) is 29.3 Å². The highest BCUT2D eigenvalue weighted by Gasteiger charge is 2.09. The number of nitrogens with zero attached hydrogens (tertiary/aromatic N) is 2. The van der Waals surface area contributed by atoms with Gasteiger partial charge in [0.05, 0.1) is 19.5 Å². The van der Waals surface area contributed by atoms with Crippen molar-refractivity contribution < 1.29 is 4.74 Å². The summed E-state index contributed by atoms with van der Waals surface area (Å²) in [5.41, 5.74) is 1.23. The van der Waals surface area contributed by atoms with Gasteiger partial charge in [0.1, 0.15) is 5.75 Å². The molecule has 0 bridgehead atoms. The Morgan fingerprint density at radius 3 is 3.00 bits per heavy atom. The van der Waals surface area contributed by atoms with Gasteiger partial charge in [-0.25, -0.2) is 0 Å². The molecule has 1 aliphatic heterocycles. The van der Waals surface area contributed by atoms with E-state index in [2.05, 4.69) is 16.0 Å². The molecule has 0 amide bonds. The number of para-hydroxylation sites is 1. The fourth-order valence-electron chi connectivity index (χ4n) is 1.69. The van der Waals surface area contributed by atoms with Crippen molar-refractivity contribution in [1.82, 2.24) is 4.90 Å². The molecule has 15 heavy (non-hydrogen) atoms. The summed E-state index contributed by atoms with van der Waals surface area (Å²) in [5.74, 6) is 0.986.